The number of fused-ring (bicyclic) bond motifs is 1. The van der Waals surface area contributed by atoms with Gasteiger partial charge < -0.3 is 19.5 Å². The van der Waals surface area contributed by atoms with Crippen LogP contribution < -0.4 is 14.8 Å². The molecule has 1 aliphatic rings. The lowest BCUT2D eigenvalue weighted by Gasteiger charge is -2.18. The van der Waals surface area contributed by atoms with Gasteiger partial charge >= 0.3 is 5.97 Å². The van der Waals surface area contributed by atoms with Gasteiger partial charge in [-0.05, 0) is 61.4 Å². The number of nitrogens with one attached hydrogen (secondary N) is 1. The van der Waals surface area contributed by atoms with Gasteiger partial charge in [0.05, 0.1) is 26.4 Å². The first kappa shape index (κ1) is 23.4. The zero-order chi connectivity index (χ0) is 23.3. The van der Waals surface area contributed by atoms with E-state index in [1.165, 1.54) is 31.6 Å². The van der Waals surface area contributed by atoms with Gasteiger partial charge in [-0.2, -0.15) is 5.26 Å². The van der Waals surface area contributed by atoms with E-state index in [-0.39, 0.29) is 12.2 Å². The molecule has 0 bridgehead atoms. The number of hydrogen-bond donors (Lipinski definition) is 1. The number of carbonyl (C=O) groups excluding carboxylic acids is 2. The Morgan fingerprint density at radius 2 is 2.03 bits per heavy atom. The van der Waals surface area contributed by atoms with Gasteiger partial charge in [-0.1, -0.05) is 13.0 Å². The molecule has 0 saturated heterocycles. The number of anilines is 1. The number of hydrogen-bond acceptors (Lipinski definition) is 7. The van der Waals surface area contributed by atoms with E-state index in [4.69, 9.17) is 14.2 Å². The number of thiophene rings is 1. The summed E-state index contributed by atoms with van der Waals surface area (Å²) >= 11 is 1.39. The standard InChI is InChI=1S/C24H26N2O5S/c1-5-31-24(28)21-17-8-6-14(2)10-20(17)32-23(21)26-22(27)16(13-25)11-15-7-9-18(29-3)19(12-15)30-4/h7,9,11-12,14H,5-6,8,10H2,1-4H3,(H,26,27)/b16-11-/t14-/m0/s1. The van der Waals surface area contributed by atoms with E-state index < -0.39 is 11.9 Å². The summed E-state index contributed by atoms with van der Waals surface area (Å²) in [5, 5.41) is 12.8. The number of benzene rings is 1. The fourth-order valence-electron chi connectivity index (χ4n) is 3.69. The summed E-state index contributed by atoms with van der Waals surface area (Å²) in [6, 6.07) is 7.05. The third-order valence-electron chi connectivity index (χ3n) is 5.30. The second-order valence-electron chi connectivity index (χ2n) is 7.51. The number of rotatable bonds is 7. The van der Waals surface area contributed by atoms with Crippen LogP contribution in [0.1, 0.15) is 46.6 Å². The largest absolute Gasteiger partial charge is 0.493 e. The fourth-order valence-corrected chi connectivity index (χ4v) is 5.08. The highest BCUT2D eigenvalue weighted by atomic mass is 32.1. The number of amides is 1. The van der Waals surface area contributed by atoms with E-state index in [2.05, 4.69) is 12.2 Å². The summed E-state index contributed by atoms with van der Waals surface area (Å²) in [7, 11) is 3.05. The summed E-state index contributed by atoms with van der Waals surface area (Å²) in [6.07, 6.45) is 4.07. The van der Waals surface area contributed by atoms with Crippen LogP contribution in [-0.4, -0.2) is 32.7 Å². The predicted octanol–water partition coefficient (Wildman–Crippen LogP) is 4.61. The summed E-state index contributed by atoms with van der Waals surface area (Å²) in [6.45, 7) is 4.16. The average molecular weight is 455 g/mol. The monoisotopic (exact) mass is 454 g/mol. The van der Waals surface area contributed by atoms with E-state index >= 15 is 0 Å². The lowest BCUT2D eigenvalue weighted by atomic mass is 9.88. The van der Waals surface area contributed by atoms with E-state index in [9.17, 15) is 14.9 Å². The maximum Gasteiger partial charge on any atom is 0.341 e. The van der Waals surface area contributed by atoms with Gasteiger partial charge in [0, 0.05) is 4.88 Å². The SMILES string of the molecule is CCOC(=O)c1c(NC(=O)/C(C#N)=C\c2ccc(OC)c(OC)c2)sc2c1CC[C@H](C)C2. The van der Waals surface area contributed by atoms with Crippen LogP contribution in [0.5, 0.6) is 11.5 Å². The quantitative estimate of drug-likeness (QED) is 0.373. The maximum absolute atomic E-state index is 12.9. The molecule has 0 radical (unpaired) electrons. The highest BCUT2D eigenvalue weighted by Gasteiger charge is 2.29. The fraction of sp³-hybridized carbons (Fsp3) is 0.375. The number of esters is 1. The van der Waals surface area contributed by atoms with Crippen LogP contribution in [0.3, 0.4) is 0 Å². The molecule has 32 heavy (non-hydrogen) atoms. The Hall–Kier alpha value is -3.31. The Balaban J connectivity index is 1.92. The lowest BCUT2D eigenvalue weighted by molar-refractivity contribution is -0.112. The highest BCUT2D eigenvalue weighted by Crippen LogP contribution is 2.40. The first-order valence-electron chi connectivity index (χ1n) is 10.4. The van der Waals surface area contributed by atoms with Crippen molar-refractivity contribution in [3.05, 3.63) is 45.3 Å². The molecule has 7 nitrogen and oxygen atoms in total. The Morgan fingerprint density at radius 3 is 2.69 bits per heavy atom. The molecule has 1 aromatic heterocycles. The molecule has 1 aliphatic carbocycles. The molecule has 1 aromatic carbocycles. The smallest absolute Gasteiger partial charge is 0.341 e. The number of nitrogens with zero attached hydrogens (tertiary/aromatic N) is 1. The molecular weight excluding hydrogens is 428 g/mol. The van der Waals surface area contributed by atoms with Crippen molar-refractivity contribution >= 4 is 34.3 Å². The molecule has 8 heteroatoms. The normalized spacial score (nSPS) is 15.3. The van der Waals surface area contributed by atoms with Gasteiger partial charge in [-0.3, -0.25) is 4.79 Å². The average Bonchev–Trinajstić information content (AvgIpc) is 3.13. The van der Waals surface area contributed by atoms with Crippen molar-refractivity contribution in [2.75, 3.05) is 26.1 Å². The van der Waals surface area contributed by atoms with Gasteiger partial charge in [-0.25, -0.2) is 4.79 Å². The molecule has 0 fully saturated rings. The number of methoxy groups -OCH3 is 2. The van der Waals surface area contributed by atoms with Crippen molar-refractivity contribution in [2.45, 2.75) is 33.1 Å². The minimum Gasteiger partial charge on any atom is -0.493 e. The molecule has 1 heterocycles. The maximum atomic E-state index is 12.9. The zero-order valence-corrected chi connectivity index (χ0v) is 19.4. The number of ether oxygens (including phenoxy) is 3. The third-order valence-corrected chi connectivity index (χ3v) is 6.47. The van der Waals surface area contributed by atoms with E-state index in [1.807, 2.05) is 6.07 Å². The molecule has 0 saturated carbocycles. The van der Waals surface area contributed by atoms with Crippen molar-refractivity contribution in [2.24, 2.45) is 5.92 Å². The van der Waals surface area contributed by atoms with Crippen LogP contribution in [-0.2, 0) is 22.4 Å². The molecule has 0 aliphatic heterocycles. The van der Waals surface area contributed by atoms with Crippen LogP contribution in [0.4, 0.5) is 5.00 Å². The second-order valence-corrected chi connectivity index (χ2v) is 8.62. The molecule has 0 spiro atoms. The van der Waals surface area contributed by atoms with Gasteiger partial charge in [0.2, 0.25) is 0 Å². The first-order chi connectivity index (χ1) is 15.4. The van der Waals surface area contributed by atoms with Crippen molar-refractivity contribution in [3.8, 4) is 17.6 Å². The summed E-state index contributed by atoms with van der Waals surface area (Å²) in [5.74, 6) is 0.518. The molecule has 1 atom stereocenters. The summed E-state index contributed by atoms with van der Waals surface area (Å²) in [5.41, 5.74) is 1.88. The van der Waals surface area contributed by atoms with Gasteiger partial charge in [0.15, 0.2) is 11.5 Å². The molecule has 3 rings (SSSR count). The molecule has 168 valence electrons. The highest BCUT2D eigenvalue weighted by molar-refractivity contribution is 7.17. The minimum atomic E-state index is -0.584. The molecular formula is C24H26N2O5S. The van der Waals surface area contributed by atoms with Crippen LogP contribution in [0.15, 0.2) is 23.8 Å². The van der Waals surface area contributed by atoms with Crippen molar-refractivity contribution in [1.82, 2.24) is 0 Å². The van der Waals surface area contributed by atoms with E-state index in [0.29, 0.717) is 33.5 Å². The Morgan fingerprint density at radius 1 is 1.28 bits per heavy atom. The summed E-state index contributed by atoms with van der Waals surface area (Å²) < 4.78 is 15.7. The summed E-state index contributed by atoms with van der Waals surface area (Å²) in [4.78, 5) is 26.7. The van der Waals surface area contributed by atoms with Crippen molar-refractivity contribution < 1.29 is 23.8 Å². The van der Waals surface area contributed by atoms with Crippen LogP contribution in [0, 0.1) is 17.2 Å². The minimum absolute atomic E-state index is 0.0910. The predicted molar refractivity (Wildman–Crippen MR) is 123 cm³/mol. The molecule has 0 unspecified atom stereocenters. The molecule has 1 N–H and O–H groups in total. The number of carbonyl (C=O) groups is 2. The van der Waals surface area contributed by atoms with Crippen LogP contribution in [0.25, 0.3) is 6.08 Å². The van der Waals surface area contributed by atoms with E-state index in [0.717, 1.165) is 29.7 Å². The van der Waals surface area contributed by atoms with Gasteiger partial charge in [-0.15, -0.1) is 11.3 Å². The first-order valence-corrected chi connectivity index (χ1v) is 11.2. The Kier molecular flexibility index (Phi) is 7.54. The Labute approximate surface area is 191 Å². The third kappa shape index (κ3) is 4.94. The number of nitriles is 1. The lowest BCUT2D eigenvalue weighted by Crippen LogP contribution is -2.17. The van der Waals surface area contributed by atoms with Crippen molar-refractivity contribution in [3.63, 3.8) is 0 Å². The second kappa shape index (κ2) is 10.3. The molecule has 2 aromatic rings. The van der Waals surface area contributed by atoms with E-state index in [1.54, 1.807) is 25.1 Å². The van der Waals surface area contributed by atoms with Crippen LogP contribution in [0.2, 0.25) is 0 Å². The van der Waals surface area contributed by atoms with Crippen LogP contribution >= 0.6 is 11.3 Å². The topological polar surface area (TPSA) is 97.7 Å². The Bertz CT molecular complexity index is 1100. The van der Waals surface area contributed by atoms with Crippen molar-refractivity contribution in [1.29, 1.82) is 5.26 Å². The van der Waals surface area contributed by atoms with Gasteiger partial charge in [0.25, 0.3) is 5.91 Å². The van der Waals surface area contributed by atoms with Gasteiger partial charge in [0.1, 0.15) is 16.6 Å². The molecule has 1 amide bonds. The zero-order valence-electron chi connectivity index (χ0n) is 18.6.